The second-order valence-corrected chi connectivity index (χ2v) is 6.30. The molecule has 11 heteroatoms. The smallest absolute Gasteiger partial charge is 0.315 e. The van der Waals surface area contributed by atoms with Gasteiger partial charge in [0.25, 0.3) is 0 Å². The van der Waals surface area contributed by atoms with Crippen molar-refractivity contribution < 1.29 is 14.8 Å². The molecule has 26 heavy (non-hydrogen) atoms. The predicted molar refractivity (Wildman–Crippen MR) is 99.6 cm³/mol. The molecule has 0 amide bonds. The summed E-state index contributed by atoms with van der Waals surface area (Å²) in [6.07, 6.45) is 1.39. The average Bonchev–Trinajstić information content (AvgIpc) is 3.25. The van der Waals surface area contributed by atoms with Crippen LogP contribution in [0.15, 0.2) is 34.7 Å². The zero-order valence-corrected chi connectivity index (χ0v) is 15.1. The normalized spacial score (nSPS) is 11.1. The molecule has 0 spiro atoms. The van der Waals surface area contributed by atoms with Gasteiger partial charge in [0, 0.05) is 11.6 Å². The van der Waals surface area contributed by atoms with Gasteiger partial charge in [-0.05, 0) is 36.7 Å². The number of nitro groups is 1. The van der Waals surface area contributed by atoms with Crippen LogP contribution in [0.3, 0.4) is 0 Å². The number of rotatable bonds is 6. The van der Waals surface area contributed by atoms with Crippen LogP contribution >= 0.6 is 23.6 Å². The maximum absolute atomic E-state index is 11.1. The number of benzene rings is 1. The van der Waals surface area contributed by atoms with Crippen LogP contribution in [0.2, 0.25) is 0 Å². The van der Waals surface area contributed by atoms with Gasteiger partial charge < -0.3 is 9.84 Å². The maximum atomic E-state index is 11.1. The Morgan fingerprint density at radius 2 is 2.38 bits per heavy atom. The van der Waals surface area contributed by atoms with E-state index in [-0.39, 0.29) is 17.1 Å². The van der Waals surface area contributed by atoms with Crippen molar-refractivity contribution in [3.8, 4) is 22.2 Å². The quantitative estimate of drug-likeness (QED) is 0.287. The van der Waals surface area contributed by atoms with Crippen molar-refractivity contribution in [2.75, 3.05) is 6.61 Å². The molecular weight excluding hydrogens is 378 g/mol. The van der Waals surface area contributed by atoms with Gasteiger partial charge in [0.1, 0.15) is 0 Å². The van der Waals surface area contributed by atoms with Crippen LogP contribution in [0.5, 0.6) is 11.5 Å². The van der Waals surface area contributed by atoms with Crippen LogP contribution < -0.4 is 4.74 Å². The molecule has 0 unspecified atom stereocenters. The zero-order valence-electron chi connectivity index (χ0n) is 13.4. The third-order valence-corrected chi connectivity index (χ3v) is 4.42. The molecule has 3 rings (SSSR count). The highest BCUT2D eigenvalue weighted by Gasteiger charge is 2.20. The molecule has 0 saturated heterocycles. The predicted octanol–water partition coefficient (Wildman–Crippen LogP) is 3.56. The monoisotopic (exact) mass is 391 g/mol. The van der Waals surface area contributed by atoms with E-state index < -0.39 is 16.4 Å². The molecule has 0 fully saturated rings. The lowest BCUT2D eigenvalue weighted by molar-refractivity contribution is -0.386. The second kappa shape index (κ2) is 7.45. The number of nitrogens with zero attached hydrogens (tertiary/aromatic N) is 4. The number of thiophene rings is 1. The summed E-state index contributed by atoms with van der Waals surface area (Å²) in [5.74, 6) is 0.0187. The van der Waals surface area contributed by atoms with Crippen molar-refractivity contribution >= 4 is 35.5 Å². The Morgan fingerprint density at radius 3 is 3.04 bits per heavy atom. The van der Waals surface area contributed by atoms with Gasteiger partial charge in [-0.25, -0.2) is 5.10 Å². The molecular formula is C15H13N5O4S2. The van der Waals surface area contributed by atoms with Crippen molar-refractivity contribution in [1.29, 1.82) is 0 Å². The van der Waals surface area contributed by atoms with Gasteiger partial charge in [-0.1, -0.05) is 6.07 Å². The van der Waals surface area contributed by atoms with Crippen molar-refractivity contribution in [1.82, 2.24) is 14.9 Å². The van der Waals surface area contributed by atoms with Crippen LogP contribution in [0, 0.1) is 14.9 Å². The summed E-state index contributed by atoms with van der Waals surface area (Å²) in [6, 6.07) is 6.42. The Morgan fingerprint density at radius 1 is 1.58 bits per heavy atom. The number of hydrogen-bond acceptors (Lipinski definition) is 8. The first-order valence-corrected chi connectivity index (χ1v) is 8.70. The first-order chi connectivity index (χ1) is 12.5. The Balaban J connectivity index is 2.03. The van der Waals surface area contributed by atoms with Gasteiger partial charge >= 0.3 is 5.69 Å². The van der Waals surface area contributed by atoms with Gasteiger partial charge in [-0.3, -0.25) is 10.1 Å². The van der Waals surface area contributed by atoms with E-state index >= 15 is 0 Å². The van der Waals surface area contributed by atoms with E-state index in [1.165, 1.54) is 34.4 Å². The molecule has 1 aromatic carbocycles. The molecule has 0 atom stereocenters. The zero-order chi connectivity index (χ0) is 18.7. The standard InChI is InChI=1S/C15H13N5O4S2/c1-2-24-11-7-9(6-10(13(11)21)20(22)23)8-16-19-14(17-18-15(19)25)12-4-3-5-26-12/h3-8,21H,2H2,1H3,(H,18,25)/b16-8-. The third kappa shape index (κ3) is 3.48. The van der Waals surface area contributed by atoms with Crippen molar-refractivity contribution in [3.05, 3.63) is 50.1 Å². The Kier molecular flexibility index (Phi) is 5.09. The number of hydrogen-bond donors (Lipinski definition) is 2. The van der Waals surface area contributed by atoms with Crippen LogP contribution in [0.1, 0.15) is 12.5 Å². The number of phenolic OH excluding ortho intramolecular Hbond substituents is 1. The van der Waals surface area contributed by atoms with Gasteiger partial charge in [-0.15, -0.1) is 11.3 Å². The van der Waals surface area contributed by atoms with E-state index in [1.54, 1.807) is 6.92 Å². The summed E-state index contributed by atoms with van der Waals surface area (Å²) in [7, 11) is 0. The second-order valence-electron chi connectivity index (χ2n) is 4.96. The van der Waals surface area contributed by atoms with Gasteiger partial charge in [0.2, 0.25) is 10.5 Å². The molecule has 9 nitrogen and oxygen atoms in total. The Labute approximate surface area is 156 Å². The summed E-state index contributed by atoms with van der Waals surface area (Å²) in [5, 5.41) is 34.1. The maximum Gasteiger partial charge on any atom is 0.315 e. The van der Waals surface area contributed by atoms with Crippen molar-refractivity contribution in [3.63, 3.8) is 0 Å². The van der Waals surface area contributed by atoms with E-state index in [9.17, 15) is 15.2 Å². The van der Waals surface area contributed by atoms with E-state index in [0.717, 1.165) is 4.88 Å². The molecule has 0 aliphatic carbocycles. The lowest BCUT2D eigenvalue weighted by atomic mass is 10.2. The summed E-state index contributed by atoms with van der Waals surface area (Å²) in [5.41, 5.74) is -0.0927. The van der Waals surface area contributed by atoms with E-state index in [4.69, 9.17) is 17.0 Å². The van der Waals surface area contributed by atoms with Gasteiger partial charge in [0.05, 0.1) is 22.6 Å². The fraction of sp³-hybridized carbons (Fsp3) is 0.133. The number of aromatic nitrogens is 3. The molecule has 2 heterocycles. The van der Waals surface area contributed by atoms with Crippen LogP contribution in [-0.4, -0.2) is 37.7 Å². The fourth-order valence-electron chi connectivity index (χ4n) is 2.18. The van der Waals surface area contributed by atoms with Crippen LogP contribution in [0.25, 0.3) is 10.7 Å². The summed E-state index contributed by atoms with van der Waals surface area (Å²) >= 11 is 6.66. The number of nitrogens with one attached hydrogen (secondary N) is 1. The highest BCUT2D eigenvalue weighted by atomic mass is 32.1. The average molecular weight is 391 g/mol. The molecule has 0 aliphatic heterocycles. The number of H-pyrrole nitrogens is 1. The molecule has 0 aliphatic rings. The molecule has 134 valence electrons. The summed E-state index contributed by atoms with van der Waals surface area (Å²) in [4.78, 5) is 11.3. The molecule has 3 aromatic rings. The minimum Gasteiger partial charge on any atom is -0.500 e. The highest BCUT2D eigenvalue weighted by molar-refractivity contribution is 7.71. The highest BCUT2D eigenvalue weighted by Crippen LogP contribution is 2.36. The van der Waals surface area contributed by atoms with Gasteiger partial charge in [-0.2, -0.15) is 14.9 Å². The number of ether oxygens (including phenoxy) is 1. The van der Waals surface area contributed by atoms with Crippen molar-refractivity contribution in [2.45, 2.75) is 6.92 Å². The lowest BCUT2D eigenvalue weighted by Crippen LogP contribution is -1.99. The molecule has 0 radical (unpaired) electrons. The third-order valence-electron chi connectivity index (χ3n) is 3.29. The largest absolute Gasteiger partial charge is 0.500 e. The molecule has 0 saturated carbocycles. The Bertz CT molecular complexity index is 1020. The number of aromatic hydroxyl groups is 1. The minimum atomic E-state index is -0.685. The number of phenols is 1. The first-order valence-electron chi connectivity index (χ1n) is 7.41. The van der Waals surface area contributed by atoms with E-state index in [0.29, 0.717) is 11.4 Å². The fourth-order valence-corrected chi connectivity index (χ4v) is 3.06. The number of aromatic amines is 1. The summed E-state index contributed by atoms with van der Waals surface area (Å²) in [6.45, 7) is 1.96. The van der Waals surface area contributed by atoms with Crippen LogP contribution in [0.4, 0.5) is 5.69 Å². The molecule has 2 aromatic heterocycles. The molecule has 0 bridgehead atoms. The van der Waals surface area contributed by atoms with Gasteiger partial charge in [0.15, 0.2) is 11.6 Å². The minimum absolute atomic E-state index is 0.0115. The van der Waals surface area contributed by atoms with Crippen molar-refractivity contribution in [2.24, 2.45) is 5.10 Å². The topological polar surface area (TPSA) is 119 Å². The summed E-state index contributed by atoms with van der Waals surface area (Å²) < 4.78 is 6.95. The van der Waals surface area contributed by atoms with E-state index in [2.05, 4.69) is 15.3 Å². The lowest BCUT2D eigenvalue weighted by Gasteiger charge is -2.07. The molecule has 2 N–H and O–H groups in total. The SMILES string of the molecule is CCOc1cc(/C=N\n2c(-c3cccs3)n[nH]c2=S)cc([N+](=O)[O-])c1O. The van der Waals surface area contributed by atoms with Crippen LogP contribution in [-0.2, 0) is 0 Å². The van der Waals surface area contributed by atoms with E-state index in [1.807, 2.05) is 17.5 Å². The Hall–Kier alpha value is -3.05. The first kappa shape index (κ1) is 17.8. The number of nitro benzene ring substituents is 1.